The SMILES string of the molecule is O=C1CC(C2CCCCS2)CC=C1O. The molecule has 0 aromatic rings. The molecule has 14 heavy (non-hydrogen) atoms. The maximum atomic E-state index is 11.3. The highest BCUT2D eigenvalue weighted by Crippen LogP contribution is 2.36. The van der Waals surface area contributed by atoms with Crippen LogP contribution in [0, 0.1) is 5.92 Å². The highest BCUT2D eigenvalue weighted by atomic mass is 32.2. The van der Waals surface area contributed by atoms with Crippen LogP contribution < -0.4 is 0 Å². The molecule has 1 saturated heterocycles. The third-order valence-electron chi connectivity index (χ3n) is 3.09. The molecule has 1 aliphatic heterocycles. The Hall–Kier alpha value is -0.440. The highest BCUT2D eigenvalue weighted by molar-refractivity contribution is 7.99. The molecule has 0 aromatic carbocycles. The first-order chi connectivity index (χ1) is 6.77. The third-order valence-corrected chi connectivity index (χ3v) is 4.66. The molecule has 2 aliphatic rings. The fraction of sp³-hybridized carbons (Fsp3) is 0.727. The zero-order valence-corrected chi connectivity index (χ0v) is 9.05. The number of hydrogen-bond acceptors (Lipinski definition) is 3. The summed E-state index contributed by atoms with van der Waals surface area (Å²) >= 11 is 2.01. The molecule has 2 rings (SSSR count). The summed E-state index contributed by atoms with van der Waals surface area (Å²) < 4.78 is 0. The topological polar surface area (TPSA) is 37.3 Å². The van der Waals surface area contributed by atoms with Crippen molar-refractivity contribution in [3.63, 3.8) is 0 Å². The summed E-state index contributed by atoms with van der Waals surface area (Å²) in [5, 5.41) is 9.85. The van der Waals surface area contributed by atoms with Crippen LogP contribution in [-0.4, -0.2) is 21.9 Å². The van der Waals surface area contributed by atoms with Crippen LogP contribution >= 0.6 is 11.8 Å². The molecular weight excluding hydrogens is 196 g/mol. The molecule has 0 bridgehead atoms. The van der Waals surface area contributed by atoms with Crippen molar-refractivity contribution in [2.75, 3.05) is 5.75 Å². The van der Waals surface area contributed by atoms with Gasteiger partial charge in [-0.3, -0.25) is 4.79 Å². The largest absolute Gasteiger partial charge is 0.505 e. The van der Waals surface area contributed by atoms with E-state index >= 15 is 0 Å². The van der Waals surface area contributed by atoms with Crippen molar-refractivity contribution in [2.24, 2.45) is 5.92 Å². The van der Waals surface area contributed by atoms with E-state index < -0.39 is 0 Å². The lowest BCUT2D eigenvalue weighted by Gasteiger charge is -2.30. The number of Topliss-reactive ketones (excluding diaryl/α,β-unsaturated/α-hetero) is 1. The predicted molar refractivity (Wildman–Crippen MR) is 58.5 cm³/mol. The van der Waals surface area contributed by atoms with Gasteiger partial charge < -0.3 is 5.11 Å². The van der Waals surface area contributed by atoms with Crippen molar-refractivity contribution in [3.8, 4) is 0 Å². The maximum Gasteiger partial charge on any atom is 0.197 e. The number of aliphatic hydroxyl groups is 1. The fourth-order valence-electron chi connectivity index (χ4n) is 2.22. The number of hydrogen-bond donors (Lipinski definition) is 1. The van der Waals surface area contributed by atoms with E-state index in [1.807, 2.05) is 11.8 Å². The lowest BCUT2D eigenvalue weighted by atomic mass is 9.87. The van der Waals surface area contributed by atoms with Crippen molar-refractivity contribution in [1.29, 1.82) is 0 Å². The van der Waals surface area contributed by atoms with Crippen LogP contribution in [0.2, 0.25) is 0 Å². The molecule has 2 atom stereocenters. The molecule has 0 radical (unpaired) electrons. The standard InChI is InChI=1S/C11H16O2S/c12-9-5-4-8(7-10(9)13)11-3-1-2-6-14-11/h5,8,11-12H,1-4,6-7H2. The van der Waals surface area contributed by atoms with E-state index in [2.05, 4.69) is 0 Å². The van der Waals surface area contributed by atoms with E-state index in [9.17, 15) is 9.90 Å². The summed E-state index contributed by atoms with van der Waals surface area (Å²) in [6.45, 7) is 0. The van der Waals surface area contributed by atoms with Gasteiger partial charge in [0.25, 0.3) is 0 Å². The third kappa shape index (κ3) is 2.14. The Balaban J connectivity index is 1.96. The Morgan fingerprint density at radius 3 is 2.93 bits per heavy atom. The first kappa shape index (κ1) is 10.1. The Labute approximate surface area is 88.8 Å². The first-order valence-electron chi connectivity index (χ1n) is 5.31. The van der Waals surface area contributed by atoms with Gasteiger partial charge in [-0.05, 0) is 37.0 Å². The van der Waals surface area contributed by atoms with Crippen LogP contribution in [-0.2, 0) is 4.79 Å². The number of carbonyl (C=O) groups is 1. The van der Waals surface area contributed by atoms with Gasteiger partial charge in [-0.25, -0.2) is 0 Å². The molecule has 3 heteroatoms. The molecule has 0 aromatic heterocycles. The van der Waals surface area contributed by atoms with Crippen molar-refractivity contribution in [2.45, 2.75) is 37.4 Å². The molecule has 0 spiro atoms. The van der Waals surface area contributed by atoms with Gasteiger partial charge in [0, 0.05) is 11.7 Å². The van der Waals surface area contributed by atoms with E-state index in [1.54, 1.807) is 6.08 Å². The molecule has 1 aliphatic carbocycles. The number of aliphatic hydroxyl groups excluding tert-OH is 1. The van der Waals surface area contributed by atoms with Gasteiger partial charge in [0.15, 0.2) is 11.5 Å². The van der Waals surface area contributed by atoms with E-state index in [1.165, 1.54) is 25.0 Å². The van der Waals surface area contributed by atoms with Gasteiger partial charge in [0.05, 0.1) is 0 Å². The van der Waals surface area contributed by atoms with Crippen LogP contribution in [0.25, 0.3) is 0 Å². The molecule has 0 amide bonds. The summed E-state index contributed by atoms with van der Waals surface area (Å²) in [6, 6.07) is 0. The minimum Gasteiger partial charge on any atom is -0.505 e. The first-order valence-corrected chi connectivity index (χ1v) is 6.36. The van der Waals surface area contributed by atoms with Crippen molar-refractivity contribution in [1.82, 2.24) is 0 Å². The van der Waals surface area contributed by atoms with E-state index in [0.29, 0.717) is 17.6 Å². The number of ketones is 1. The molecule has 1 fully saturated rings. The molecule has 78 valence electrons. The summed E-state index contributed by atoms with van der Waals surface area (Å²) in [7, 11) is 0. The van der Waals surface area contributed by atoms with Gasteiger partial charge in [0.2, 0.25) is 0 Å². The monoisotopic (exact) mass is 212 g/mol. The van der Waals surface area contributed by atoms with Crippen molar-refractivity contribution in [3.05, 3.63) is 11.8 Å². The highest BCUT2D eigenvalue weighted by Gasteiger charge is 2.29. The van der Waals surface area contributed by atoms with Crippen LogP contribution in [0.1, 0.15) is 32.1 Å². The molecule has 1 N–H and O–H groups in total. The normalized spacial score (nSPS) is 34.0. The lowest BCUT2D eigenvalue weighted by molar-refractivity contribution is -0.119. The van der Waals surface area contributed by atoms with Gasteiger partial charge in [-0.2, -0.15) is 11.8 Å². The quantitative estimate of drug-likeness (QED) is 0.726. The number of thioether (sulfide) groups is 1. The van der Waals surface area contributed by atoms with Crippen LogP contribution in [0.15, 0.2) is 11.8 Å². The maximum absolute atomic E-state index is 11.3. The van der Waals surface area contributed by atoms with E-state index in [4.69, 9.17) is 0 Å². The Bertz CT molecular complexity index is 254. The Kier molecular flexibility index (Phi) is 3.16. The minimum atomic E-state index is -0.0626. The van der Waals surface area contributed by atoms with Gasteiger partial charge >= 0.3 is 0 Å². The smallest absolute Gasteiger partial charge is 0.197 e. The Morgan fingerprint density at radius 2 is 2.29 bits per heavy atom. The second kappa shape index (κ2) is 4.39. The minimum absolute atomic E-state index is 0.0120. The lowest BCUT2D eigenvalue weighted by Crippen LogP contribution is -2.26. The predicted octanol–water partition coefficient (Wildman–Crippen LogP) is 2.69. The molecule has 0 saturated carbocycles. The Morgan fingerprint density at radius 1 is 1.43 bits per heavy atom. The fourth-order valence-corrected chi connectivity index (χ4v) is 3.71. The molecular formula is C11H16O2S. The zero-order chi connectivity index (χ0) is 9.97. The average Bonchev–Trinajstić information content (AvgIpc) is 2.23. The van der Waals surface area contributed by atoms with Gasteiger partial charge in [-0.15, -0.1) is 0 Å². The summed E-state index contributed by atoms with van der Waals surface area (Å²) in [5.41, 5.74) is 0. The van der Waals surface area contributed by atoms with Gasteiger partial charge in [0.1, 0.15) is 0 Å². The van der Waals surface area contributed by atoms with Crippen LogP contribution in [0.3, 0.4) is 0 Å². The molecule has 1 heterocycles. The van der Waals surface area contributed by atoms with E-state index in [-0.39, 0.29) is 11.5 Å². The van der Waals surface area contributed by atoms with Crippen LogP contribution in [0.4, 0.5) is 0 Å². The number of allylic oxidation sites excluding steroid dienone is 2. The summed E-state index contributed by atoms with van der Waals surface area (Å²) in [6.07, 6.45) is 7.01. The number of rotatable bonds is 1. The summed E-state index contributed by atoms with van der Waals surface area (Å²) in [5.74, 6) is 1.64. The molecule has 2 nitrogen and oxygen atoms in total. The second-order valence-corrected chi connectivity index (χ2v) is 5.46. The van der Waals surface area contributed by atoms with Crippen LogP contribution in [0.5, 0.6) is 0 Å². The average molecular weight is 212 g/mol. The zero-order valence-electron chi connectivity index (χ0n) is 8.24. The van der Waals surface area contributed by atoms with Gasteiger partial charge in [-0.1, -0.05) is 6.42 Å². The van der Waals surface area contributed by atoms with Crippen molar-refractivity contribution < 1.29 is 9.90 Å². The second-order valence-electron chi connectivity index (χ2n) is 4.12. The molecule has 2 unspecified atom stereocenters. The number of carbonyl (C=O) groups excluding carboxylic acids is 1. The van der Waals surface area contributed by atoms with E-state index in [0.717, 1.165) is 6.42 Å². The summed E-state index contributed by atoms with van der Waals surface area (Å²) in [4.78, 5) is 11.3. The van der Waals surface area contributed by atoms with Crippen molar-refractivity contribution >= 4 is 17.5 Å².